The van der Waals surface area contributed by atoms with Crippen molar-refractivity contribution in [1.29, 1.82) is 5.26 Å². The lowest BCUT2D eigenvalue weighted by atomic mass is 9.98. The SMILES string of the molecule is Cc1ncc2n1Cc1ccc(C#N)c(c1)Oc1ccc(-c3cc(Cl)cc(Cl)c3)c(c1)CN1CCN(CC1=O)C2. The van der Waals surface area contributed by atoms with E-state index in [1.807, 2.05) is 60.5 Å². The second-order valence-electron chi connectivity index (χ2n) is 9.93. The monoisotopic (exact) mass is 557 g/mol. The van der Waals surface area contributed by atoms with E-state index in [2.05, 4.69) is 20.5 Å². The number of carbonyl (C=O) groups is 1. The maximum atomic E-state index is 13.3. The van der Waals surface area contributed by atoms with Crippen molar-refractivity contribution in [1.82, 2.24) is 19.4 Å². The largest absolute Gasteiger partial charge is 0.456 e. The van der Waals surface area contributed by atoms with E-state index in [4.69, 9.17) is 27.9 Å². The lowest BCUT2D eigenvalue weighted by molar-refractivity contribution is -0.136. The number of fused-ring (bicyclic) bond motifs is 2. The number of amides is 1. The Morgan fingerprint density at radius 1 is 0.949 bits per heavy atom. The lowest BCUT2D eigenvalue weighted by Gasteiger charge is -2.35. The molecule has 0 aliphatic carbocycles. The van der Waals surface area contributed by atoms with Gasteiger partial charge >= 0.3 is 0 Å². The molecule has 0 radical (unpaired) electrons. The fourth-order valence-electron chi connectivity index (χ4n) is 5.26. The van der Waals surface area contributed by atoms with Gasteiger partial charge < -0.3 is 14.2 Å². The predicted octanol–water partition coefficient (Wildman–Crippen LogP) is 6.04. The highest BCUT2D eigenvalue weighted by molar-refractivity contribution is 6.35. The summed E-state index contributed by atoms with van der Waals surface area (Å²) in [5, 5.41) is 10.8. The van der Waals surface area contributed by atoms with Crippen LogP contribution in [-0.4, -0.2) is 44.9 Å². The minimum atomic E-state index is 0.0644. The van der Waals surface area contributed by atoms with Crippen molar-refractivity contribution in [3.05, 3.63) is 99.0 Å². The van der Waals surface area contributed by atoms with Gasteiger partial charge in [0.05, 0.1) is 17.8 Å². The molecule has 6 bridgehead atoms. The van der Waals surface area contributed by atoms with E-state index in [9.17, 15) is 10.1 Å². The smallest absolute Gasteiger partial charge is 0.237 e. The van der Waals surface area contributed by atoms with Crippen molar-refractivity contribution in [2.45, 2.75) is 26.6 Å². The number of ether oxygens (including phenoxy) is 1. The van der Waals surface area contributed by atoms with Crippen LogP contribution in [0.15, 0.2) is 60.8 Å². The van der Waals surface area contributed by atoms with Crippen LogP contribution in [0.5, 0.6) is 11.5 Å². The number of hydrogen-bond acceptors (Lipinski definition) is 5. The van der Waals surface area contributed by atoms with Gasteiger partial charge in [-0.25, -0.2) is 4.98 Å². The van der Waals surface area contributed by atoms with Gasteiger partial charge in [0.15, 0.2) is 0 Å². The Hall–Kier alpha value is -3.83. The van der Waals surface area contributed by atoms with E-state index in [1.54, 1.807) is 12.1 Å². The molecule has 9 heteroatoms. The molecule has 3 aliphatic heterocycles. The normalized spacial score (nSPS) is 16.9. The van der Waals surface area contributed by atoms with E-state index >= 15 is 0 Å². The molecule has 39 heavy (non-hydrogen) atoms. The summed E-state index contributed by atoms with van der Waals surface area (Å²) >= 11 is 12.7. The molecule has 3 aromatic carbocycles. The van der Waals surface area contributed by atoms with Crippen molar-refractivity contribution in [2.75, 3.05) is 19.6 Å². The van der Waals surface area contributed by atoms with E-state index in [-0.39, 0.29) is 5.91 Å². The molecule has 1 unspecified atom stereocenters. The van der Waals surface area contributed by atoms with Crippen LogP contribution < -0.4 is 4.74 Å². The van der Waals surface area contributed by atoms with Gasteiger partial charge in [0, 0.05) is 49.0 Å². The van der Waals surface area contributed by atoms with Gasteiger partial charge in [0.2, 0.25) is 5.91 Å². The molecule has 7 nitrogen and oxygen atoms in total. The lowest BCUT2D eigenvalue weighted by Crippen LogP contribution is -2.49. The molecule has 1 saturated heterocycles. The Labute approximate surface area is 236 Å². The minimum absolute atomic E-state index is 0.0644. The summed E-state index contributed by atoms with van der Waals surface area (Å²) in [5.41, 5.74) is 5.15. The van der Waals surface area contributed by atoms with Crippen molar-refractivity contribution in [2.24, 2.45) is 0 Å². The third-order valence-corrected chi connectivity index (χ3v) is 7.70. The number of rotatable bonds is 1. The van der Waals surface area contributed by atoms with Crippen molar-refractivity contribution in [3.63, 3.8) is 0 Å². The second-order valence-corrected chi connectivity index (χ2v) is 10.8. The van der Waals surface area contributed by atoms with E-state index in [0.29, 0.717) is 59.8 Å². The van der Waals surface area contributed by atoms with Crippen LogP contribution in [0.4, 0.5) is 0 Å². The first-order valence-corrected chi connectivity index (χ1v) is 13.4. The highest BCUT2D eigenvalue weighted by Gasteiger charge is 2.26. The molecule has 3 aliphatic rings. The van der Waals surface area contributed by atoms with E-state index in [1.165, 1.54) is 0 Å². The molecule has 0 saturated carbocycles. The van der Waals surface area contributed by atoms with Crippen LogP contribution in [-0.2, 0) is 24.4 Å². The molecule has 1 atom stereocenters. The fourth-order valence-corrected chi connectivity index (χ4v) is 5.78. The topological polar surface area (TPSA) is 74.4 Å². The van der Waals surface area contributed by atoms with E-state index in [0.717, 1.165) is 40.3 Å². The van der Waals surface area contributed by atoms with Gasteiger partial charge in [0.1, 0.15) is 23.4 Å². The molecule has 4 aromatic rings. The zero-order chi connectivity index (χ0) is 27.1. The van der Waals surface area contributed by atoms with Crippen LogP contribution in [0.25, 0.3) is 11.1 Å². The first kappa shape index (κ1) is 25.4. The van der Waals surface area contributed by atoms with Crippen LogP contribution in [0.3, 0.4) is 0 Å². The minimum Gasteiger partial charge on any atom is -0.456 e. The standard InChI is InChI=1S/C30H25Cl2N5O2/c1-19-34-14-26-17-35-6-7-36(30(38)18-35)16-23-11-27(4-5-28(23)22-9-24(31)12-25(32)10-22)39-29-8-20(15-37(19)26)2-3-21(29)13-33/h2-5,8-12,14H,6-7,15-18H2,1H3. The van der Waals surface area contributed by atoms with Gasteiger partial charge in [-0.3, -0.25) is 9.69 Å². The summed E-state index contributed by atoms with van der Waals surface area (Å²) in [7, 11) is 0. The maximum Gasteiger partial charge on any atom is 0.237 e. The summed E-state index contributed by atoms with van der Waals surface area (Å²) < 4.78 is 8.46. The number of piperazine rings is 1. The molecular weight excluding hydrogens is 533 g/mol. The van der Waals surface area contributed by atoms with Crippen LogP contribution in [0.2, 0.25) is 10.0 Å². The number of aryl methyl sites for hydroxylation is 1. The zero-order valence-corrected chi connectivity index (χ0v) is 22.8. The summed E-state index contributed by atoms with van der Waals surface area (Å²) in [5.74, 6) is 2.01. The predicted molar refractivity (Wildman–Crippen MR) is 150 cm³/mol. The molecule has 0 spiro atoms. The highest BCUT2D eigenvalue weighted by Crippen LogP contribution is 2.35. The van der Waals surface area contributed by atoms with Crippen molar-refractivity contribution < 1.29 is 9.53 Å². The second kappa shape index (κ2) is 10.4. The Balaban J connectivity index is 1.47. The molecule has 1 amide bonds. The molecule has 196 valence electrons. The summed E-state index contributed by atoms with van der Waals surface area (Å²) in [6.45, 7) is 5.28. The van der Waals surface area contributed by atoms with Crippen LogP contribution >= 0.6 is 23.2 Å². The number of aromatic nitrogens is 2. The number of carbonyl (C=O) groups excluding carboxylic acids is 1. The van der Waals surface area contributed by atoms with Crippen molar-refractivity contribution in [3.8, 4) is 28.7 Å². The summed E-state index contributed by atoms with van der Waals surface area (Å²) in [6.07, 6.45) is 1.88. The first-order chi connectivity index (χ1) is 18.9. The number of imidazole rings is 1. The van der Waals surface area contributed by atoms with Gasteiger partial charge in [-0.05, 0) is 71.6 Å². The maximum absolute atomic E-state index is 13.3. The number of benzene rings is 3. The Morgan fingerprint density at radius 3 is 2.54 bits per heavy atom. The molecule has 0 N–H and O–H groups in total. The molecule has 7 rings (SSSR count). The fraction of sp³-hybridized carbons (Fsp3) is 0.233. The molecule has 1 aromatic heterocycles. The van der Waals surface area contributed by atoms with Gasteiger partial charge in [-0.1, -0.05) is 35.3 Å². The Morgan fingerprint density at radius 2 is 1.77 bits per heavy atom. The van der Waals surface area contributed by atoms with Crippen LogP contribution in [0, 0.1) is 18.3 Å². The van der Waals surface area contributed by atoms with Crippen LogP contribution in [0.1, 0.15) is 28.2 Å². The zero-order valence-electron chi connectivity index (χ0n) is 21.3. The number of nitriles is 1. The van der Waals surface area contributed by atoms with Gasteiger partial charge in [-0.2, -0.15) is 5.26 Å². The molecular formula is C30H25Cl2N5O2. The summed E-state index contributed by atoms with van der Waals surface area (Å²) in [6, 6.07) is 19.1. The molecule has 1 fully saturated rings. The Kier molecular flexibility index (Phi) is 6.78. The third kappa shape index (κ3) is 5.24. The van der Waals surface area contributed by atoms with Gasteiger partial charge in [-0.15, -0.1) is 0 Å². The number of hydrogen-bond donors (Lipinski definition) is 0. The van der Waals surface area contributed by atoms with E-state index < -0.39 is 0 Å². The molecule has 4 heterocycles. The quantitative estimate of drug-likeness (QED) is 0.285. The highest BCUT2D eigenvalue weighted by atomic mass is 35.5. The number of halogens is 2. The summed E-state index contributed by atoms with van der Waals surface area (Å²) in [4.78, 5) is 21.9. The average Bonchev–Trinajstić information content (AvgIpc) is 3.23. The first-order valence-electron chi connectivity index (χ1n) is 12.7. The number of nitrogens with zero attached hydrogens (tertiary/aromatic N) is 5. The third-order valence-electron chi connectivity index (χ3n) is 7.27. The van der Waals surface area contributed by atoms with Crippen molar-refractivity contribution >= 4 is 29.1 Å². The van der Waals surface area contributed by atoms with Gasteiger partial charge in [0.25, 0.3) is 0 Å². The average molecular weight is 558 g/mol. The Bertz CT molecular complexity index is 1620.